The highest BCUT2D eigenvalue weighted by atomic mass is 15.2. The van der Waals surface area contributed by atoms with Crippen molar-refractivity contribution < 1.29 is 0 Å². The van der Waals surface area contributed by atoms with Gasteiger partial charge in [0.05, 0.1) is 18.1 Å². The number of nitrogens with one attached hydrogen (secondary N) is 1. The van der Waals surface area contributed by atoms with Crippen LogP contribution in [0.25, 0.3) is 0 Å². The average molecular weight is 274 g/mol. The van der Waals surface area contributed by atoms with Crippen molar-refractivity contribution in [2.24, 2.45) is 5.41 Å². The molecule has 1 aromatic heterocycles. The van der Waals surface area contributed by atoms with Gasteiger partial charge >= 0.3 is 0 Å². The molecule has 1 saturated heterocycles. The van der Waals surface area contributed by atoms with Gasteiger partial charge in [0.25, 0.3) is 0 Å². The normalized spacial score (nSPS) is 21.4. The maximum absolute atomic E-state index is 4.62. The van der Waals surface area contributed by atoms with Crippen molar-refractivity contribution in [1.82, 2.24) is 15.3 Å². The fourth-order valence-electron chi connectivity index (χ4n) is 3.10. The van der Waals surface area contributed by atoms with E-state index in [2.05, 4.69) is 34.0 Å². The van der Waals surface area contributed by atoms with E-state index >= 15 is 0 Å². The van der Waals surface area contributed by atoms with Crippen LogP contribution in [0.1, 0.15) is 51.6 Å². The van der Waals surface area contributed by atoms with Crippen molar-refractivity contribution >= 4 is 5.82 Å². The molecule has 2 fully saturated rings. The molecule has 2 heterocycles. The minimum absolute atomic E-state index is 0.494. The molecule has 1 aliphatic carbocycles. The Labute approximate surface area is 122 Å². The van der Waals surface area contributed by atoms with Gasteiger partial charge in [0, 0.05) is 25.7 Å². The Hall–Kier alpha value is -1.16. The van der Waals surface area contributed by atoms with Gasteiger partial charge in [-0.3, -0.25) is 4.98 Å². The zero-order chi connectivity index (χ0) is 14.0. The first-order valence-corrected chi connectivity index (χ1v) is 8.04. The highest BCUT2D eigenvalue weighted by molar-refractivity contribution is 5.38. The molecule has 0 aromatic carbocycles. The SMILES string of the molecule is CCC1(CC)CCN(c2cnc(CNC3CC3)cn2)C1. The number of aromatic nitrogens is 2. The molecule has 110 valence electrons. The summed E-state index contributed by atoms with van der Waals surface area (Å²) in [6.45, 7) is 7.73. The molecule has 3 rings (SSSR count). The lowest BCUT2D eigenvalue weighted by atomic mass is 9.82. The largest absolute Gasteiger partial charge is 0.355 e. The predicted octanol–water partition coefficient (Wildman–Crippen LogP) is 2.75. The lowest BCUT2D eigenvalue weighted by molar-refractivity contribution is 0.301. The van der Waals surface area contributed by atoms with Gasteiger partial charge in [-0.15, -0.1) is 0 Å². The van der Waals surface area contributed by atoms with E-state index < -0.39 is 0 Å². The van der Waals surface area contributed by atoms with E-state index in [9.17, 15) is 0 Å². The van der Waals surface area contributed by atoms with Crippen LogP contribution in [0.15, 0.2) is 12.4 Å². The third-order valence-corrected chi connectivity index (χ3v) is 5.10. The average Bonchev–Trinajstić information content (AvgIpc) is 3.23. The highest BCUT2D eigenvalue weighted by Gasteiger charge is 2.35. The summed E-state index contributed by atoms with van der Waals surface area (Å²) >= 11 is 0. The Morgan fingerprint density at radius 2 is 2.05 bits per heavy atom. The Morgan fingerprint density at radius 1 is 1.25 bits per heavy atom. The molecule has 0 amide bonds. The van der Waals surface area contributed by atoms with E-state index in [1.165, 1.54) is 32.1 Å². The molecule has 1 N–H and O–H groups in total. The van der Waals surface area contributed by atoms with Crippen LogP contribution in [-0.4, -0.2) is 29.1 Å². The Bertz CT molecular complexity index is 434. The van der Waals surface area contributed by atoms with Gasteiger partial charge in [-0.25, -0.2) is 4.98 Å². The van der Waals surface area contributed by atoms with E-state index in [1.807, 2.05) is 12.4 Å². The molecule has 4 nitrogen and oxygen atoms in total. The van der Waals surface area contributed by atoms with Gasteiger partial charge in [0.15, 0.2) is 0 Å². The van der Waals surface area contributed by atoms with Crippen LogP contribution in [-0.2, 0) is 6.54 Å². The van der Waals surface area contributed by atoms with Crippen LogP contribution in [0, 0.1) is 5.41 Å². The molecule has 2 aliphatic rings. The number of nitrogens with zero attached hydrogens (tertiary/aromatic N) is 3. The first-order chi connectivity index (χ1) is 9.74. The van der Waals surface area contributed by atoms with Crippen LogP contribution < -0.4 is 10.2 Å². The molecular weight excluding hydrogens is 248 g/mol. The standard InChI is InChI=1S/C16H26N4/c1-3-16(4-2)7-8-20(12-16)15-11-18-14(10-19-15)9-17-13-5-6-13/h10-11,13,17H,3-9,12H2,1-2H3. The Balaban J connectivity index is 1.59. The number of rotatable bonds is 6. The van der Waals surface area contributed by atoms with E-state index in [-0.39, 0.29) is 0 Å². The molecule has 1 aliphatic heterocycles. The second kappa shape index (κ2) is 5.68. The van der Waals surface area contributed by atoms with Gasteiger partial charge in [-0.1, -0.05) is 13.8 Å². The highest BCUT2D eigenvalue weighted by Crippen LogP contribution is 2.38. The zero-order valence-corrected chi connectivity index (χ0v) is 12.7. The van der Waals surface area contributed by atoms with E-state index in [0.717, 1.165) is 37.2 Å². The molecule has 20 heavy (non-hydrogen) atoms. The van der Waals surface area contributed by atoms with Crippen molar-refractivity contribution in [2.75, 3.05) is 18.0 Å². The third-order valence-electron chi connectivity index (χ3n) is 5.10. The summed E-state index contributed by atoms with van der Waals surface area (Å²) in [6.07, 6.45) is 10.3. The smallest absolute Gasteiger partial charge is 0.147 e. The summed E-state index contributed by atoms with van der Waals surface area (Å²) in [5.41, 5.74) is 1.55. The third kappa shape index (κ3) is 2.95. The predicted molar refractivity (Wildman–Crippen MR) is 81.7 cm³/mol. The van der Waals surface area contributed by atoms with Crippen LogP contribution in [0.2, 0.25) is 0 Å². The summed E-state index contributed by atoms with van der Waals surface area (Å²) in [4.78, 5) is 11.6. The fourth-order valence-corrected chi connectivity index (χ4v) is 3.10. The molecule has 0 bridgehead atoms. The topological polar surface area (TPSA) is 41.1 Å². The van der Waals surface area contributed by atoms with Crippen LogP contribution >= 0.6 is 0 Å². The van der Waals surface area contributed by atoms with Crippen molar-refractivity contribution in [3.8, 4) is 0 Å². The minimum Gasteiger partial charge on any atom is -0.355 e. The van der Waals surface area contributed by atoms with Gasteiger partial charge < -0.3 is 10.2 Å². The molecule has 0 spiro atoms. The number of hydrogen-bond donors (Lipinski definition) is 1. The molecule has 0 atom stereocenters. The van der Waals surface area contributed by atoms with Crippen LogP contribution in [0.3, 0.4) is 0 Å². The summed E-state index contributed by atoms with van der Waals surface area (Å²) in [6, 6.07) is 0.727. The summed E-state index contributed by atoms with van der Waals surface area (Å²) in [5, 5.41) is 3.48. The monoisotopic (exact) mass is 274 g/mol. The van der Waals surface area contributed by atoms with Crippen molar-refractivity contribution in [3.05, 3.63) is 18.1 Å². The molecule has 4 heteroatoms. The Morgan fingerprint density at radius 3 is 2.60 bits per heavy atom. The van der Waals surface area contributed by atoms with E-state index in [1.54, 1.807) is 0 Å². The second-order valence-corrected chi connectivity index (χ2v) is 6.40. The van der Waals surface area contributed by atoms with Crippen molar-refractivity contribution in [2.45, 2.75) is 58.5 Å². The van der Waals surface area contributed by atoms with E-state index in [0.29, 0.717) is 5.41 Å². The lowest BCUT2D eigenvalue weighted by Gasteiger charge is -2.26. The van der Waals surface area contributed by atoms with Crippen LogP contribution in [0.4, 0.5) is 5.82 Å². The number of anilines is 1. The Kier molecular flexibility index (Phi) is 3.92. The van der Waals surface area contributed by atoms with Crippen molar-refractivity contribution in [1.29, 1.82) is 0 Å². The maximum atomic E-state index is 4.62. The first-order valence-electron chi connectivity index (χ1n) is 8.04. The molecular formula is C16H26N4. The van der Waals surface area contributed by atoms with Gasteiger partial charge in [-0.05, 0) is 37.5 Å². The quantitative estimate of drug-likeness (QED) is 0.866. The molecule has 0 unspecified atom stereocenters. The van der Waals surface area contributed by atoms with E-state index in [4.69, 9.17) is 0 Å². The fraction of sp³-hybridized carbons (Fsp3) is 0.750. The second-order valence-electron chi connectivity index (χ2n) is 6.40. The molecule has 1 saturated carbocycles. The number of hydrogen-bond acceptors (Lipinski definition) is 4. The summed E-state index contributed by atoms with van der Waals surface area (Å²) in [7, 11) is 0. The summed E-state index contributed by atoms with van der Waals surface area (Å²) in [5.74, 6) is 1.05. The van der Waals surface area contributed by atoms with Crippen LogP contribution in [0.5, 0.6) is 0 Å². The van der Waals surface area contributed by atoms with Crippen molar-refractivity contribution in [3.63, 3.8) is 0 Å². The maximum Gasteiger partial charge on any atom is 0.147 e. The molecule has 1 aromatic rings. The molecule has 0 radical (unpaired) electrons. The minimum atomic E-state index is 0.494. The van der Waals surface area contributed by atoms with Gasteiger partial charge in [-0.2, -0.15) is 0 Å². The van der Waals surface area contributed by atoms with Gasteiger partial charge in [0.2, 0.25) is 0 Å². The summed E-state index contributed by atoms with van der Waals surface area (Å²) < 4.78 is 0. The van der Waals surface area contributed by atoms with Gasteiger partial charge in [0.1, 0.15) is 5.82 Å². The first kappa shape index (κ1) is 13.8. The lowest BCUT2D eigenvalue weighted by Crippen LogP contribution is -2.27. The zero-order valence-electron chi connectivity index (χ0n) is 12.7.